The van der Waals surface area contributed by atoms with Gasteiger partial charge < -0.3 is 16.4 Å². The van der Waals surface area contributed by atoms with Gasteiger partial charge in [0.05, 0.1) is 5.39 Å². The third-order valence-corrected chi connectivity index (χ3v) is 5.79. The van der Waals surface area contributed by atoms with Crippen molar-refractivity contribution in [2.45, 2.75) is 13.3 Å². The number of para-hydroxylation sites is 1. The van der Waals surface area contributed by atoms with Gasteiger partial charge in [0.1, 0.15) is 34.3 Å². The summed E-state index contributed by atoms with van der Waals surface area (Å²) in [5.74, 6) is -1.28. The topological polar surface area (TPSA) is 92.9 Å². The van der Waals surface area contributed by atoms with Gasteiger partial charge in [0.25, 0.3) is 0 Å². The van der Waals surface area contributed by atoms with Crippen molar-refractivity contribution in [3.63, 3.8) is 0 Å². The van der Waals surface area contributed by atoms with Gasteiger partial charge in [-0.2, -0.15) is 0 Å². The van der Waals surface area contributed by atoms with Crippen molar-refractivity contribution in [3.05, 3.63) is 65.3 Å². The number of carbonyl (C=O) groups is 1. The Bertz CT molecular complexity index is 1220. The molecule has 4 aromatic rings. The third kappa shape index (κ3) is 3.67. The number of nitrogen functional groups attached to an aromatic ring is 1. The van der Waals surface area contributed by atoms with Gasteiger partial charge in [-0.15, -0.1) is 11.3 Å². The molecule has 0 bridgehead atoms. The van der Waals surface area contributed by atoms with E-state index in [-0.39, 0.29) is 0 Å². The molecule has 4 rings (SSSR count). The molecule has 0 fully saturated rings. The predicted octanol–water partition coefficient (Wildman–Crippen LogP) is 5.43. The SMILES string of the molecule is CCc1sc2ncnc(N)c2c1-c1ccc(NC(=O)Nc2c(F)cccc2F)cc1. The molecule has 4 N–H and O–H groups in total. The molecule has 152 valence electrons. The Labute approximate surface area is 174 Å². The normalized spacial score (nSPS) is 10.9. The van der Waals surface area contributed by atoms with Gasteiger partial charge in [0.15, 0.2) is 0 Å². The standard InChI is InChI=1S/C21H17F2N5OS/c1-2-15-16(17-19(24)25-10-26-20(17)30-15)11-6-8-12(9-7-11)27-21(29)28-18-13(22)4-3-5-14(18)23/h3-10H,2H2,1H3,(H2,24,25,26)(H2,27,28,29). The minimum absolute atomic E-state index is 0.416. The number of anilines is 3. The summed E-state index contributed by atoms with van der Waals surface area (Å²) in [5.41, 5.74) is 7.93. The molecule has 0 aliphatic heterocycles. The maximum atomic E-state index is 13.7. The van der Waals surface area contributed by atoms with E-state index >= 15 is 0 Å². The van der Waals surface area contributed by atoms with Crippen LogP contribution in [0.5, 0.6) is 0 Å². The molecular weight excluding hydrogens is 408 g/mol. The highest BCUT2D eigenvalue weighted by Gasteiger charge is 2.17. The average Bonchev–Trinajstić information content (AvgIpc) is 3.11. The minimum atomic E-state index is -0.850. The number of thiophene rings is 1. The first-order chi connectivity index (χ1) is 14.5. The maximum Gasteiger partial charge on any atom is 0.323 e. The molecule has 0 saturated heterocycles. The second-order valence-corrected chi connectivity index (χ2v) is 7.53. The third-order valence-electron chi connectivity index (χ3n) is 4.54. The molecule has 0 unspecified atom stereocenters. The number of halogens is 2. The summed E-state index contributed by atoms with van der Waals surface area (Å²) >= 11 is 1.57. The number of nitrogens with two attached hydrogens (primary N) is 1. The van der Waals surface area contributed by atoms with Crippen molar-refractivity contribution < 1.29 is 13.6 Å². The van der Waals surface area contributed by atoms with E-state index in [1.54, 1.807) is 23.5 Å². The second-order valence-electron chi connectivity index (χ2n) is 6.45. The van der Waals surface area contributed by atoms with E-state index in [1.807, 2.05) is 12.1 Å². The summed E-state index contributed by atoms with van der Waals surface area (Å²) in [6.07, 6.45) is 2.26. The lowest BCUT2D eigenvalue weighted by Crippen LogP contribution is -2.20. The molecule has 0 saturated carbocycles. The second kappa shape index (κ2) is 8.03. The Morgan fingerprint density at radius 2 is 1.77 bits per heavy atom. The van der Waals surface area contributed by atoms with Crippen molar-refractivity contribution >= 4 is 44.8 Å². The Hall–Kier alpha value is -3.59. The van der Waals surface area contributed by atoms with Crippen LogP contribution in [-0.4, -0.2) is 16.0 Å². The number of carbonyl (C=O) groups excluding carboxylic acids is 1. The molecule has 0 spiro atoms. The van der Waals surface area contributed by atoms with Gasteiger partial charge in [-0.1, -0.05) is 25.1 Å². The molecule has 2 aromatic carbocycles. The fourth-order valence-electron chi connectivity index (χ4n) is 3.17. The molecule has 0 aliphatic rings. The number of urea groups is 1. The highest BCUT2D eigenvalue weighted by Crippen LogP contribution is 2.40. The number of hydrogen-bond donors (Lipinski definition) is 3. The van der Waals surface area contributed by atoms with Gasteiger partial charge in [-0.3, -0.25) is 0 Å². The molecular formula is C21H17F2N5OS. The van der Waals surface area contributed by atoms with Crippen LogP contribution < -0.4 is 16.4 Å². The number of nitrogens with one attached hydrogen (secondary N) is 2. The lowest BCUT2D eigenvalue weighted by atomic mass is 10.0. The number of amides is 2. The van der Waals surface area contributed by atoms with Crippen LogP contribution >= 0.6 is 11.3 Å². The zero-order valence-corrected chi connectivity index (χ0v) is 16.7. The highest BCUT2D eigenvalue weighted by molar-refractivity contribution is 7.19. The van der Waals surface area contributed by atoms with Crippen LogP contribution in [0.15, 0.2) is 48.8 Å². The fraction of sp³-hybridized carbons (Fsp3) is 0.0952. The van der Waals surface area contributed by atoms with Gasteiger partial charge >= 0.3 is 6.03 Å². The number of aromatic nitrogens is 2. The summed E-state index contributed by atoms with van der Waals surface area (Å²) in [6.45, 7) is 2.06. The number of nitrogens with zero attached hydrogens (tertiary/aromatic N) is 2. The number of aryl methyl sites for hydroxylation is 1. The molecule has 2 heterocycles. The Morgan fingerprint density at radius 3 is 2.43 bits per heavy atom. The van der Waals surface area contributed by atoms with Crippen LogP contribution in [0.25, 0.3) is 21.3 Å². The highest BCUT2D eigenvalue weighted by atomic mass is 32.1. The van der Waals surface area contributed by atoms with Crippen LogP contribution in [0.4, 0.5) is 30.8 Å². The summed E-state index contributed by atoms with van der Waals surface area (Å²) in [5, 5.41) is 5.56. The van der Waals surface area contributed by atoms with Crippen molar-refractivity contribution in [2.75, 3.05) is 16.4 Å². The van der Waals surface area contributed by atoms with E-state index < -0.39 is 23.4 Å². The zero-order chi connectivity index (χ0) is 21.3. The van der Waals surface area contributed by atoms with E-state index in [2.05, 4.69) is 27.5 Å². The molecule has 2 aromatic heterocycles. The molecule has 0 atom stereocenters. The van der Waals surface area contributed by atoms with Crippen LogP contribution in [0.2, 0.25) is 0 Å². The zero-order valence-electron chi connectivity index (χ0n) is 15.9. The van der Waals surface area contributed by atoms with Crippen LogP contribution in [0.3, 0.4) is 0 Å². The monoisotopic (exact) mass is 425 g/mol. The van der Waals surface area contributed by atoms with Crippen molar-refractivity contribution in [3.8, 4) is 11.1 Å². The predicted molar refractivity (Wildman–Crippen MR) is 116 cm³/mol. The minimum Gasteiger partial charge on any atom is -0.383 e. The largest absolute Gasteiger partial charge is 0.383 e. The first-order valence-electron chi connectivity index (χ1n) is 9.12. The van der Waals surface area contributed by atoms with Crippen LogP contribution in [0.1, 0.15) is 11.8 Å². The molecule has 0 radical (unpaired) electrons. The van der Waals surface area contributed by atoms with Gasteiger partial charge in [-0.25, -0.2) is 23.5 Å². The van der Waals surface area contributed by atoms with Crippen molar-refractivity contribution in [2.24, 2.45) is 0 Å². The molecule has 9 heteroatoms. The number of benzene rings is 2. The van der Waals surface area contributed by atoms with E-state index in [9.17, 15) is 13.6 Å². The number of fused-ring (bicyclic) bond motifs is 1. The lowest BCUT2D eigenvalue weighted by molar-refractivity contribution is 0.262. The van der Waals surface area contributed by atoms with E-state index in [1.165, 1.54) is 12.4 Å². The summed E-state index contributed by atoms with van der Waals surface area (Å²) in [4.78, 5) is 22.5. The number of rotatable bonds is 4. The van der Waals surface area contributed by atoms with E-state index in [0.717, 1.165) is 44.8 Å². The van der Waals surface area contributed by atoms with E-state index in [0.29, 0.717) is 11.5 Å². The van der Waals surface area contributed by atoms with Gasteiger partial charge in [0, 0.05) is 16.1 Å². The fourth-order valence-corrected chi connectivity index (χ4v) is 4.28. The molecule has 6 nitrogen and oxygen atoms in total. The van der Waals surface area contributed by atoms with E-state index in [4.69, 9.17) is 5.73 Å². The smallest absolute Gasteiger partial charge is 0.323 e. The summed E-state index contributed by atoms with van der Waals surface area (Å²) in [7, 11) is 0. The first kappa shape index (κ1) is 19.7. The summed E-state index contributed by atoms with van der Waals surface area (Å²) < 4.78 is 27.4. The van der Waals surface area contributed by atoms with Crippen LogP contribution in [0, 0.1) is 11.6 Å². The Balaban J connectivity index is 1.58. The maximum absolute atomic E-state index is 13.7. The van der Waals surface area contributed by atoms with Crippen molar-refractivity contribution in [1.82, 2.24) is 9.97 Å². The van der Waals surface area contributed by atoms with Crippen molar-refractivity contribution in [1.29, 1.82) is 0 Å². The molecule has 2 amide bonds. The van der Waals surface area contributed by atoms with Gasteiger partial charge in [-0.05, 0) is 36.2 Å². The van der Waals surface area contributed by atoms with Crippen LogP contribution in [-0.2, 0) is 6.42 Å². The average molecular weight is 425 g/mol. The first-order valence-corrected chi connectivity index (χ1v) is 9.94. The molecule has 30 heavy (non-hydrogen) atoms. The molecule has 0 aliphatic carbocycles. The lowest BCUT2D eigenvalue weighted by Gasteiger charge is -2.10. The Kier molecular flexibility index (Phi) is 5.28. The quantitative estimate of drug-likeness (QED) is 0.407. The number of hydrogen-bond acceptors (Lipinski definition) is 5. The summed E-state index contributed by atoms with van der Waals surface area (Å²) in [6, 6.07) is 9.70. The Morgan fingerprint density at radius 1 is 1.07 bits per heavy atom. The van der Waals surface area contributed by atoms with Gasteiger partial charge in [0.2, 0.25) is 0 Å².